The van der Waals surface area contributed by atoms with Gasteiger partial charge in [-0.3, -0.25) is 4.79 Å². The number of carbonyl (C=O) groups excluding carboxylic acids is 1. The second-order valence-corrected chi connectivity index (χ2v) is 6.59. The maximum absolute atomic E-state index is 12.0. The van der Waals surface area contributed by atoms with Gasteiger partial charge in [0.05, 0.1) is 0 Å². The van der Waals surface area contributed by atoms with E-state index in [9.17, 15) is 4.79 Å². The van der Waals surface area contributed by atoms with Crippen molar-refractivity contribution in [2.75, 3.05) is 5.32 Å². The highest BCUT2D eigenvalue weighted by molar-refractivity contribution is 5.95. The average Bonchev–Trinajstić information content (AvgIpc) is 3.46. The summed E-state index contributed by atoms with van der Waals surface area (Å²) in [6, 6.07) is 17.7. The number of rotatable bonds is 5. The van der Waals surface area contributed by atoms with E-state index in [-0.39, 0.29) is 5.91 Å². The number of nitrogens with one attached hydrogen (secondary N) is 2. The van der Waals surface area contributed by atoms with Gasteiger partial charge >= 0.3 is 0 Å². The SMILES string of the molecule is Cc1cccc(-c2nccc(Nc3ccc(C(=O)NC4CC4)cc3)n2)c1. The highest BCUT2D eigenvalue weighted by atomic mass is 16.1. The maximum atomic E-state index is 12.0. The summed E-state index contributed by atoms with van der Waals surface area (Å²) in [5, 5.41) is 6.25. The highest BCUT2D eigenvalue weighted by Crippen LogP contribution is 2.21. The fourth-order valence-electron chi connectivity index (χ4n) is 2.70. The lowest BCUT2D eigenvalue weighted by Crippen LogP contribution is -2.25. The van der Waals surface area contributed by atoms with Crippen LogP contribution in [0.5, 0.6) is 0 Å². The molecule has 4 rings (SSSR count). The molecule has 0 spiro atoms. The molecule has 1 amide bonds. The molecule has 1 fully saturated rings. The summed E-state index contributed by atoms with van der Waals surface area (Å²) < 4.78 is 0. The van der Waals surface area contributed by atoms with Crippen molar-refractivity contribution in [1.29, 1.82) is 0 Å². The van der Waals surface area contributed by atoms with Crippen molar-refractivity contribution in [3.8, 4) is 11.4 Å². The van der Waals surface area contributed by atoms with Gasteiger partial charge in [-0.15, -0.1) is 0 Å². The average molecular weight is 344 g/mol. The van der Waals surface area contributed by atoms with Crippen molar-refractivity contribution < 1.29 is 4.79 Å². The zero-order valence-corrected chi connectivity index (χ0v) is 14.6. The van der Waals surface area contributed by atoms with Gasteiger partial charge < -0.3 is 10.6 Å². The Balaban J connectivity index is 1.48. The molecule has 3 aromatic rings. The van der Waals surface area contributed by atoms with Crippen molar-refractivity contribution in [3.05, 3.63) is 71.9 Å². The Morgan fingerprint density at radius 2 is 1.88 bits per heavy atom. The molecular formula is C21H20N4O. The van der Waals surface area contributed by atoms with Gasteiger partial charge in [0.15, 0.2) is 5.82 Å². The van der Waals surface area contributed by atoms with Crippen LogP contribution in [0.4, 0.5) is 11.5 Å². The quantitative estimate of drug-likeness (QED) is 0.732. The standard InChI is InChI=1S/C21H20N4O/c1-14-3-2-4-16(13-14)20-22-12-11-19(25-20)23-17-7-5-15(6-8-17)21(26)24-18-9-10-18/h2-8,11-13,18H,9-10H2,1H3,(H,24,26)(H,22,23,25). The lowest BCUT2D eigenvalue weighted by Gasteiger charge is -2.09. The zero-order valence-electron chi connectivity index (χ0n) is 14.6. The molecule has 5 nitrogen and oxygen atoms in total. The van der Waals surface area contributed by atoms with Crippen molar-refractivity contribution in [2.24, 2.45) is 0 Å². The molecule has 130 valence electrons. The third kappa shape index (κ3) is 3.88. The molecule has 26 heavy (non-hydrogen) atoms. The van der Waals surface area contributed by atoms with E-state index >= 15 is 0 Å². The molecule has 0 saturated heterocycles. The summed E-state index contributed by atoms with van der Waals surface area (Å²) in [4.78, 5) is 21.0. The Hall–Kier alpha value is -3.21. The molecule has 0 radical (unpaired) electrons. The predicted molar refractivity (Wildman–Crippen MR) is 102 cm³/mol. The van der Waals surface area contributed by atoms with E-state index in [0.717, 1.165) is 24.1 Å². The molecule has 0 unspecified atom stereocenters. The second-order valence-electron chi connectivity index (χ2n) is 6.59. The molecule has 1 aliphatic rings. The summed E-state index contributed by atoms with van der Waals surface area (Å²) in [5.41, 5.74) is 3.71. The minimum absolute atomic E-state index is 0.0113. The number of hydrogen-bond acceptors (Lipinski definition) is 4. The summed E-state index contributed by atoms with van der Waals surface area (Å²) in [5.74, 6) is 1.38. The molecule has 1 saturated carbocycles. The van der Waals surface area contributed by atoms with Crippen LogP contribution in [0, 0.1) is 6.92 Å². The number of carbonyl (C=O) groups is 1. The fraction of sp³-hybridized carbons (Fsp3) is 0.190. The minimum Gasteiger partial charge on any atom is -0.349 e. The molecular weight excluding hydrogens is 324 g/mol. The molecule has 5 heteroatoms. The number of aromatic nitrogens is 2. The van der Waals surface area contributed by atoms with Crippen LogP contribution in [-0.2, 0) is 0 Å². The van der Waals surface area contributed by atoms with Gasteiger partial charge in [-0.2, -0.15) is 0 Å². The largest absolute Gasteiger partial charge is 0.349 e. The second kappa shape index (κ2) is 6.96. The Labute approximate surface area is 152 Å². The molecule has 1 aromatic heterocycles. The van der Waals surface area contributed by atoms with Gasteiger partial charge in [-0.1, -0.05) is 23.8 Å². The molecule has 0 aliphatic heterocycles. The lowest BCUT2D eigenvalue weighted by molar-refractivity contribution is 0.0951. The van der Waals surface area contributed by atoms with E-state index in [0.29, 0.717) is 23.2 Å². The van der Waals surface area contributed by atoms with Crippen LogP contribution < -0.4 is 10.6 Å². The topological polar surface area (TPSA) is 66.9 Å². The predicted octanol–water partition coefficient (Wildman–Crippen LogP) is 4.09. The van der Waals surface area contributed by atoms with Gasteiger partial charge in [-0.05, 0) is 56.2 Å². The molecule has 2 aromatic carbocycles. The van der Waals surface area contributed by atoms with Crippen LogP contribution >= 0.6 is 0 Å². The molecule has 0 atom stereocenters. The number of benzene rings is 2. The summed E-state index contributed by atoms with van der Waals surface area (Å²) in [7, 11) is 0. The summed E-state index contributed by atoms with van der Waals surface area (Å²) in [6.45, 7) is 2.05. The monoisotopic (exact) mass is 344 g/mol. The molecule has 0 bridgehead atoms. The smallest absolute Gasteiger partial charge is 0.251 e. The van der Waals surface area contributed by atoms with Crippen LogP contribution in [0.3, 0.4) is 0 Å². The first-order chi connectivity index (χ1) is 12.7. The van der Waals surface area contributed by atoms with Gasteiger partial charge in [0.2, 0.25) is 0 Å². The van der Waals surface area contributed by atoms with Crippen molar-refractivity contribution in [3.63, 3.8) is 0 Å². The van der Waals surface area contributed by atoms with Crippen molar-refractivity contribution in [2.45, 2.75) is 25.8 Å². The van der Waals surface area contributed by atoms with Crippen LogP contribution in [0.1, 0.15) is 28.8 Å². The Morgan fingerprint density at radius 3 is 2.62 bits per heavy atom. The number of nitrogens with zero attached hydrogens (tertiary/aromatic N) is 2. The van der Waals surface area contributed by atoms with Crippen molar-refractivity contribution in [1.82, 2.24) is 15.3 Å². The first-order valence-electron chi connectivity index (χ1n) is 8.75. The summed E-state index contributed by atoms with van der Waals surface area (Å²) >= 11 is 0. The van der Waals surface area contributed by atoms with Crippen LogP contribution in [0.15, 0.2) is 60.8 Å². The third-order valence-electron chi connectivity index (χ3n) is 4.26. The first-order valence-corrected chi connectivity index (χ1v) is 8.75. The van der Waals surface area contributed by atoms with Gasteiger partial charge in [0.1, 0.15) is 5.82 Å². The van der Waals surface area contributed by atoms with Gasteiger partial charge in [0.25, 0.3) is 5.91 Å². The lowest BCUT2D eigenvalue weighted by atomic mass is 10.1. The zero-order chi connectivity index (χ0) is 17.9. The van der Waals surface area contributed by atoms with E-state index in [2.05, 4.69) is 26.7 Å². The number of amides is 1. The minimum atomic E-state index is -0.0113. The van der Waals surface area contributed by atoms with Crippen LogP contribution in [-0.4, -0.2) is 21.9 Å². The van der Waals surface area contributed by atoms with Gasteiger partial charge in [-0.25, -0.2) is 9.97 Å². The number of hydrogen-bond donors (Lipinski definition) is 2. The maximum Gasteiger partial charge on any atom is 0.251 e. The third-order valence-corrected chi connectivity index (χ3v) is 4.26. The summed E-state index contributed by atoms with van der Waals surface area (Å²) in [6.07, 6.45) is 3.91. The fourth-order valence-corrected chi connectivity index (χ4v) is 2.70. The molecule has 2 N–H and O–H groups in total. The van der Waals surface area contributed by atoms with Crippen LogP contribution in [0.25, 0.3) is 11.4 Å². The van der Waals surface area contributed by atoms with E-state index in [1.807, 2.05) is 55.5 Å². The normalized spacial score (nSPS) is 13.3. The van der Waals surface area contributed by atoms with E-state index in [1.165, 1.54) is 5.56 Å². The van der Waals surface area contributed by atoms with Gasteiger partial charge in [0, 0.05) is 29.1 Å². The highest BCUT2D eigenvalue weighted by Gasteiger charge is 2.23. The van der Waals surface area contributed by atoms with Crippen LogP contribution in [0.2, 0.25) is 0 Å². The Bertz CT molecular complexity index is 933. The van der Waals surface area contributed by atoms with E-state index in [4.69, 9.17) is 0 Å². The molecule has 1 heterocycles. The Kier molecular flexibility index (Phi) is 4.35. The Morgan fingerprint density at radius 1 is 1.08 bits per heavy atom. The van der Waals surface area contributed by atoms with E-state index in [1.54, 1.807) is 6.20 Å². The van der Waals surface area contributed by atoms with E-state index < -0.39 is 0 Å². The number of aryl methyl sites for hydroxylation is 1. The first kappa shape index (κ1) is 16.3. The molecule has 1 aliphatic carbocycles. The van der Waals surface area contributed by atoms with Crippen molar-refractivity contribution >= 4 is 17.4 Å². The number of anilines is 2.